The van der Waals surface area contributed by atoms with Gasteiger partial charge in [0.15, 0.2) is 5.96 Å². The first-order chi connectivity index (χ1) is 12.5. The second-order valence-electron chi connectivity index (χ2n) is 6.01. The molecule has 0 saturated carbocycles. The van der Waals surface area contributed by atoms with Gasteiger partial charge in [0.2, 0.25) is 5.91 Å². The van der Waals surface area contributed by atoms with Gasteiger partial charge in [-0.25, -0.2) is 9.38 Å². The van der Waals surface area contributed by atoms with E-state index in [-0.39, 0.29) is 29.8 Å². The third kappa shape index (κ3) is 7.54. The smallest absolute Gasteiger partial charge is 0.248 e. The molecule has 0 saturated heterocycles. The number of aliphatic imine (C=N–C) groups is 1. The Morgan fingerprint density at radius 3 is 2.63 bits per heavy atom. The average Bonchev–Trinajstić information content (AvgIpc) is 2.61. The van der Waals surface area contributed by atoms with Gasteiger partial charge in [0, 0.05) is 18.7 Å². The zero-order chi connectivity index (χ0) is 18.9. The van der Waals surface area contributed by atoms with E-state index >= 15 is 0 Å². The Morgan fingerprint density at radius 2 is 1.96 bits per heavy atom. The van der Waals surface area contributed by atoms with E-state index in [4.69, 9.17) is 5.73 Å². The Kier molecular flexibility index (Phi) is 9.77. The lowest BCUT2D eigenvalue weighted by Crippen LogP contribution is -2.38. The fraction of sp³-hybridized carbons (Fsp3) is 0.300. The highest BCUT2D eigenvalue weighted by Crippen LogP contribution is 2.10. The Morgan fingerprint density at radius 1 is 1.19 bits per heavy atom. The summed E-state index contributed by atoms with van der Waals surface area (Å²) >= 11 is 0. The number of carbonyl (C=O) groups is 1. The molecule has 0 heterocycles. The van der Waals surface area contributed by atoms with Crippen molar-refractivity contribution < 1.29 is 9.18 Å². The summed E-state index contributed by atoms with van der Waals surface area (Å²) in [5, 5.41) is 6.46. The standard InChI is InChI=1S/C20H25FN4O.HI/c1-3-23-20(24-10-9-16-7-8-18(21)11-14(16)2)25-13-15-5-4-6-17(12-15)19(22)26;/h4-8,11-12H,3,9-10,13H2,1-2H3,(H2,22,26)(H2,23,24,25);1H. The number of nitrogens with one attached hydrogen (secondary N) is 2. The first kappa shape index (κ1) is 22.9. The predicted molar refractivity (Wildman–Crippen MR) is 118 cm³/mol. The first-order valence-corrected chi connectivity index (χ1v) is 8.65. The van der Waals surface area contributed by atoms with Gasteiger partial charge in [-0.15, -0.1) is 24.0 Å². The highest BCUT2D eigenvalue weighted by atomic mass is 127. The molecule has 0 fully saturated rings. The number of hydrogen-bond donors (Lipinski definition) is 3. The van der Waals surface area contributed by atoms with Gasteiger partial charge in [-0.3, -0.25) is 4.79 Å². The molecule has 0 radical (unpaired) electrons. The van der Waals surface area contributed by atoms with Gasteiger partial charge < -0.3 is 16.4 Å². The van der Waals surface area contributed by atoms with Crippen LogP contribution in [0.4, 0.5) is 4.39 Å². The Labute approximate surface area is 176 Å². The van der Waals surface area contributed by atoms with Crippen molar-refractivity contribution in [3.05, 3.63) is 70.5 Å². The van der Waals surface area contributed by atoms with Crippen LogP contribution in [-0.2, 0) is 13.0 Å². The lowest BCUT2D eigenvalue weighted by Gasteiger charge is -2.12. The molecule has 0 aliphatic rings. The molecule has 4 N–H and O–H groups in total. The molecule has 2 aromatic carbocycles. The van der Waals surface area contributed by atoms with Crippen LogP contribution in [0.5, 0.6) is 0 Å². The number of nitrogens with two attached hydrogens (primary N) is 1. The lowest BCUT2D eigenvalue weighted by molar-refractivity contribution is 0.1000. The molecular formula is C20H26FIN4O. The maximum Gasteiger partial charge on any atom is 0.248 e. The summed E-state index contributed by atoms with van der Waals surface area (Å²) in [6.07, 6.45) is 0.772. The minimum absolute atomic E-state index is 0. The van der Waals surface area contributed by atoms with Crippen molar-refractivity contribution >= 4 is 35.8 Å². The average molecular weight is 484 g/mol. The number of amides is 1. The van der Waals surface area contributed by atoms with Crippen molar-refractivity contribution in [3.8, 4) is 0 Å². The second kappa shape index (κ2) is 11.5. The molecule has 0 unspecified atom stereocenters. The number of primary amides is 1. The Hall–Kier alpha value is -2.16. The fourth-order valence-electron chi connectivity index (χ4n) is 2.59. The molecule has 5 nitrogen and oxygen atoms in total. The van der Waals surface area contributed by atoms with Crippen molar-refractivity contribution in [2.24, 2.45) is 10.7 Å². The zero-order valence-corrected chi connectivity index (χ0v) is 17.9. The zero-order valence-electron chi connectivity index (χ0n) is 15.6. The van der Waals surface area contributed by atoms with Crippen LogP contribution in [0.25, 0.3) is 0 Å². The molecule has 2 rings (SSSR count). The molecule has 0 bridgehead atoms. The topological polar surface area (TPSA) is 79.5 Å². The van der Waals surface area contributed by atoms with Crippen molar-refractivity contribution in [1.29, 1.82) is 0 Å². The third-order valence-corrected chi connectivity index (χ3v) is 3.97. The molecule has 2 aromatic rings. The molecule has 27 heavy (non-hydrogen) atoms. The van der Waals surface area contributed by atoms with Crippen molar-refractivity contribution in [2.45, 2.75) is 26.8 Å². The largest absolute Gasteiger partial charge is 0.366 e. The molecule has 146 valence electrons. The van der Waals surface area contributed by atoms with Gasteiger partial charge in [0.05, 0.1) is 6.54 Å². The van der Waals surface area contributed by atoms with E-state index in [9.17, 15) is 9.18 Å². The fourth-order valence-corrected chi connectivity index (χ4v) is 2.59. The number of rotatable bonds is 7. The highest BCUT2D eigenvalue weighted by Gasteiger charge is 2.03. The van der Waals surface area contributed by atoms with Crippen LogP contribution < -0.4 is 16.4 Å². The maximum absolute atomic E-state index is 13.2. The summed E-state index contributed by atoms with van der Waals surface area (Å²) in [6, 6.07) is 12.0. The first-order valence-electron chi connectivity index (χ1n) is 8.65. The number of halogens is 2. The maximum atomic E-state index is 13.2. The minimum Gasteiger partial charge on any atom is -0.366 e. The summed E-state index contributed by atoms with van der Waals surface area (Å²) < 4.78 is 13.2. The minimum atomic E-state index is -0.449. The molecule has 0 spiro atoms. The van der Waals surface area contributed by atoms with Gasteiger partial charge >= 0.3 is 0 Å². The normalized spacial score (nSPS) is 10.9. The lowest BCUT2D eigenvalue weighted by atomic mass is 10.1. The van der Waals surface area contributed by atoms with E-state index in [1.165, 1.54) is 6.07 Å². The van der Waals surface area contributed by atoms with Crippen LogP contribution >= 0.6 is 24.0 Å². The number of nitrogens with zero attached hydrogens (tertiary/aromatic N) is 1. The van der Waals surface area contributed by atoms with E-state index in [0.717, 1.165) is 29.7 Å². The molecule has 0 aliphatic carbocycles. The van der Waals surface area contributed by atoms with E-state index in [1.807, 2.05) is 26.0 Å². The van der Waals surface area contributed by atoms with Gasteiger partial charge in [0.1, 0.15) is 5.82 Å². The second-order valence-corrected chi connectivity index (χ2v) is 6.01. The van der Waals surface area contributed by atoms with Gasteiger partial charge in [-0.05, 0) is 61.2 Å². The predicted octanol–water partition coefficient (Wildman–Crippen LogP) is 3.15. The molecule has 7 heteroatoms. The monoisotopic (exact) mass is 484 g/mol. The SMILES string of the molecule is CCNC(=NCc1cccc(C(N)=O)c1)NCCc1ccc(F)cc1C.I. The van der Waals surface area contributed by atoms with Gasteiger partial charge in [-0.1, -0.05) is 18.2 Å². The highest BCUT2D eigenvalue weighted by molar-refractivity contribution is 14.0. The van der Waals surface area contributed by atoms with Gasteiger partial charge in [-0.2, -0.15) is 0 Å². The molecule has 0 atom stereocenters. The molecule has 0 aromatic heterocycles. The number of benzene rings is 2. The van der Waals surface area contributed by atoms with Crippen LogP contribution in [0.15, 0.2) is 47.5 Å². The third-order valence-electron chi connectivity index (χ3n) is 3.97. The summed E-state index contributed by atoms with van der Waals surface area (Å²) in [6.45, 7) is 5.76. The summed E-state index contributed by atoms with van der Waals surface area (Å²) in [5.41, 5.74) is 8.73. The molecule has 0 aliphatic heterocycles. The van der Waals surface area contributed by atoms with Crippen molar-refractivity contribution in [2.75, 3.05) is 13.1 Å². The summed E-state index contributed by atoms with van der Waals surface area (Å²) in [4.78, 5) is 15.8. The molecular weight excluding hydrogens is 458 g/mol. The summed E-state index contributed by atoms with van der Waals surface area (Å²) in [5.74, 6) is 0.0274. The summed E-state index contributed by atoms with van der Waals surface area (Å²) in [7, 11) is 0. The Balaban J connectivity index is 0.00000364. The van der Waals surface area contributed by atoms with Crippen LogP contribution in [0.2, 0.25) is 0 Å². The van der Waals surface area contributed by atoms with E-state index in [0.29, 0.717) is 24.6 Å². The quantitative estimate of drug-likeness (QED) is 0.321. The number of carbonyl (C=O) groups excluding carboxylic acids is 1. The Bertz CT molecular complexity index is 795. The van der Waals surface area contributed by atoms with Crippen LogP contribution in [0, 0.1) is 12.7 Å². The van der Waals surface area contributed by atoms with E-state index < -0.39 is 5.91 Å². The van der Waals surface area contributed by atoms with Gasteiger partial charge in [0.25, 0.3) is 0 Å². The van der Waals surface area contributed by atoms with Crippen molar-refractivity contribution in [3.63, 3.8) is 0 Å². The van der Waals surface area contributed by atoms with E-state index in [2.05, 4.69) is 15.6 Å². The van der Waals surface area contributed by atoms with Crippen molar-refractivity contribution in [1.82, 2.24) is 10.6 Å². The van der Waals surface area contributed by atoms with Crippen LogP contribution in [0.3, 0.4) is 0 Å². The number of aryl methyl sites for hydroxylation is 1. The van der Waals surface area contributed by atoms with Crippen LogP contribution in [0.1, 0.15) is 34.0 Å². The van der Waals surface area contributed by atoms with Crippen LogP contribution in [-0.4, -0.2) is 25.0 Å². The molecule has 1 amide bonds. The number of hydrogen-bond acceptors (Lipinski definition) is 2. The van der Waals surface area contributed by atoms with E-state index in [1.54, 1.807) is 24.3 Å². The number of guanidine groups is 1.